The molecule has 0 amide bonds. The lowest BCUT2D eigenvalue weighted by atomic mass is 10.0. The number of amidine groups is 1. The highest BCUT2D eigenvalue weighted by molar-refractivity contribution is 6.51. The van der Waals surface area contributed by atoms with E-state index in [1.165, 1.54) is 0 Å². The molecule has 0 spiro atoms. The van der Waals surface area contributed by atoms with Crippen LogP contribution in [0.25, 0.3) is 21.9 Å². The van der Waals surface area contributed by atoms with Gasteiger partial charge >= 0.3 is 0 Å². The Bertz CT molecular complexity index is 867. The van der Waals surface area contributed by atoms with Crippen molar-refractivity contribution in [3.05, 3.63) is 83.4 Å². The average molecular weight is 307 g/mol. The number of rotatable bonds is 3. The second-order valence-electron chi connectivity index (χ2n) is 5.09. The fourth-order valence-electron chi connectivity index (χ4n) is 2.34. The average Bonchev–Trinajstić information content (AvgIpc) is 2.54. The minimum absolute atomic E-state index is 0.0768. The van der Waals surface area contributed by atoms with Gasteiger partial charge in [0.05, 0.1) is 0 Å². The lowest BCUT2D eigenvalue weighted by Gasteiger charge is -2.05. The van der Waals surface area contributed by atoms with Gasteiger partial charge in [0.15, 0.2) is 0 Å². The first-order valence-corrected chi connectivity index (χ1v) is 7.32. The van der Waals surface area contributed by atoms with E-state index < -0.39 is 0 Å². The Morgan fingerprint density at radius 3 is 2.09 bits per heavy atom. The Labute approximate surface area is 134 Å². The number of hydrogen-bond acceptors (Lipinski definition) is 1. The molecule has 0 fully saturated rings. The van der Waals surface area contributed by atoms with Crippen molar-refractivity contribution >= 4 is 39.3 Å². The summed E-state index contributed by atoms with van der Waals surface area (Å²) in [6.07, 6.45) is 1.95. The van der Waals surface area contributed by atoms with E-state index >= 15 is 0 Å². The SMILES string of the molecule is N=C(N)c1ccc2cc(C(Cl)=Cc3ccccc3)ccc2c1. The van der Waals surface area contributed by atoms with E-state index in [9.17, 15) is 0 Å². The van der Waals surface area contributed by atoms with E-state index in [1.54, 1.807) is 0 Å². The molecule has 3 rings (SSSR count). The predicted octanol–water partition coefficient (Wildman–Crippen LogP) is 4.86. The van der Waals surface area contributed by atoms with Crippen molar-refractivity contribution in [1.29, 1.82) is 5.41 Å². The molecule has 0 bridgehead atoms. The van der Waals surface area contributed by atoms with Crippen LogP contribution in [-0.4, -0.2) is 5.84 Å². The molecule has 3 N–H and O–H groups in total. The molecule has 0 radical (unpaired) electrons. The van der Waals surface area contributed by atoms with Crippen LogP contribution in [0.3, 0.4) is 0 Å². The van der Waals surface area contributed by atoms with Crippen molar-refractivity contribution in [2.45, 2.75) is 0 Å². The van der Waals surface area contributed by atoms with Gasteiger partial charge in [-0.1, -0.05) is 66.2 Å². The molecule has 0 saturated heterocycles. The first-order valence-electron chi connectivity index (χ1n) is 6.94. The van der Waals surface area contributed by atoms with Crippen molar-refractivity contribution in [2.75, 3.05) is 0 Å². The van der Waals surface area contributed by atoms with Gasteiger partial charge in [0.1, 0.15) is 5.84 Å². The van der Waals surface area contributed by atoms with Gasteiger partial charge in [0, 0.05) is 10.6 Å². The summed E-state index contributed by atoms with van der Waals surface area (Å²) in [6, 6.07) is 21.7. The lowest BCUT2D eigenvalue weighted by Crippen LogP contribution is -2.10. The van der Waals surface area contributed by atoms with Gasteiger partial charge in [-0.3, -0.25) is 5.41 Å². The van der Waals surface area contributed by atoms with Crippen LogP contribution in [0.2, 0.25) is 0 Å². The molecule has 3 aromatic carbocycles. The van der Waals surface area contributed by atoms with E-state index in [0.717, 1.165) is 27.5 Å². The minimum atomic E-state index is 0.0768. The minimum Gasteiger partial charge on any atom is -0.384 e. The molecular formula is C19H15ClN2. The van der Waals surface area contributed by atoms with E-state index in [-0.39, 0.29) is 5.84 Å². The summed E-state index contributed by atoms with van der Waals surface area (Å²) in [6.45, 7) is 0. The molecule has 3 heteroatoms. The first kappa shape index (κ1) is 14.4. The number of hydrogen-bond donors (Lipinski definition) is 2. The van der Waals surface area contributed by atoms with Crippen LogP contribution in [0, 0.1) is 5.41 Å². The third kappa shape index (κ3) is 3.02. The quantitative estimate of drug-likeness (QED) is 0.405. The largest absolute Gasteiger partial charge is 0.384 e. The van der Waals surface area contributed by atoms with Crippen LogP contribution in [-0.2, 0) is 0 Å². The maximum atomic E-state index is 7.49. The van der Waals surface area contributed by atoms with Gasteiger partial charge in [-0.15, -0.1) is 0 Å². The molecule has 0 aromatic heterocycles. The van der Waals surface area contributed by atoms with Gasteiger partial charge in [-0.05, 0) is 40.1 Å². The highest BCUT2D eigenvalue weighted by Gasteiger charge is 2.03. The summed E-state index contributed by atoms with van der Waals surface area (Å²) in [7, 11) is 0. The number of fused-ring (bicyclic) bond motifs is 1. The fourth-order valence-corrected chi connectivity index (χ4v) is 2.58. The van der Waals surface area contributed by atoms with Crippen molar-refractivity contribution < 1.29 is 0 Å². The Morgan fingerprint density at radius 2 is 1.45 bits per heavy atom. The van der Waals surface area contributed by atoms with Gasteiger partial charge in [-0.25, -0.2) is 0 Å². The first-order chi connectivity index (χ1) is 10.6. The van der Waals surface area contributed by atoms with Gasteiger partial charge in [-0.2, -0.15) is 0 Å². The normalized spacial score (nSPS) is 11.6. The Balaban J connectivity index is 2.00. The Hall–Kier alpha value is -2.58. The predicted molar refractivity (Wildman–Crippen MR) is 95.1 cm³/mol. The summed E-state index contributed by atoms with van der Waals surface area (Å²) in [5.41, 5.74) is 8.29. The van der Waals surface area contributed by atoms with Crippen molar-refractivity contribution in [2.24, 2.45) is 5.73 Å². The zero-order valence-corrected chi connectivity index (χ0v) is 12.6. The number of nitrogens with two attached hydrogens (primary N) is 1. The number of nitrogen functional groups attached to an aromatic ring is 1. The maximum absolute atomic E-state index is 7.49. The molecule has 108 valence electrons. The fraction of sp³-hybridized carbons (Fsp3) is 0. The Kier molecular flexibility index (Phi) is 3.94. The summed E-state index contributed by atoms with van der Waals surface area (Å²) in [5, 5.41) is 10.3. The van der Waals surface area contributed by atoms with Crippen molar-refractivity contribution in [1.82, 2.24) is 0 Å². The van der Waals surface area contributed by atoms with Crippen molar-refractivity contribution in [3.63, 3.8) is 0 Å². The van der Waals surface area contributed by atoms with Crippen LogP contribution in [0.1, 0.15) is 16.7 Å². The van der Waals surface area contributed by atoms with E-state index in [1.807, 2.05) is 72.8 Å². The van der Waals surface area contributed by atoms with Crippen molar-refractivity contribution in [3.8, 4) is 0 Å². The zero-order valence-electron chi connectivity index (χ0n) is 11.9. The van der Waals surface area contributed by atoms with Crippen LogP contribution in [0.15, 0.2) is 66.7 Å². The molecule has 22 heavy (non-hydrogen) atoms. The third-order valence-electron chi connectivity index (χ3n) is 3.52. The standard InChI is InChI=1S/C19H15ClN2/c20-18(10-13-4-2-1-3-5-13)16-8-6-15-12-17(19(21)22)9-7-14(15)11-16/h1-12H,(H3,21,22). The third-order valence-corrected chi connectivity index (χ3v) is 3.85. The highest BCUT2D eigenvalue weighted by Crippen LogP contribution is 2.26. The van der Waals surface area contributed by atoms with Gasteiger partial charge < -0.3 is 5.73 Å². The summed E-state index contributed by atoms with van der Waals surface area (Å²) in [5.74, 6) is 0.0768. The van der Waals surface area contributed by atoms with E-state index in [2.05, 4.69) is 0 Å². The number of nitrogens with one attached hydrogen (secondary N) is 1. The monoisotopic (exact) mass is 306 g/mol. The molecule has 3 aromatic rings. The molecule has 0 atom stereocenters. The summed E-state index contributed by atoms with van der Waals surface area (Å²) < 4.78 is 0. The topological polar surface area (TPSA) is 49.9 Å². The maximum Gasteiger partial charge on any atom is 0.122 e. The molecule has 0 saturated carbocycles. The van der Waals surface area contributed by atoms with Crippen LogP contribution in [0.4, 0.5) is 0 Å². The van der Waals surface area contributed by atoms with E-state index in [0.29, 0.717) is 5.03 Å². The van der Waals surface area contributed by atoms with Crippen LogP contribution < -0.4 is 5.73 Å². The number of benzene rings is 3. The summed E-state index contributed by atoms with van der Waals surface area (Å²) >= 11 is 6.43. The molecule has 0 unspecified atom stereocenters. The second kappa shape index (κ2) is 6.04. The van der Waals surface area contributed by atoms with Gasteiger partial charge in [0.25, 0.3) is 0 Å². The smallest absolute Gasteiger partial charge is 0.122 e. The molecule has 2 nitrogen and oxygen atoms in total. The molecule has 0 aliphatic heterocycles. The number of halogens is 1. The second-order valence-corrected chi connectivity index (χ2v) is 5.50. The van der Waals surface area contributed by atoms with Crippen LogP contribution >= 0.6 is 11.6 Å². The lowest BCUT2D eigenvalue weighted by molar-refractivity contribution is 1.43. The molecule has 0 heterocycles. The highest BCUT2D eigenvalue weighted by atomic mass is 35.5. The van der Waals surface area contributed by atoms with Crippen LogP contribution in [0.5, 0.6) is 0 Å². The zero-order chi connectivity index (χ0) is 15.5. The molecular weight excluding hydrogens is 292 g/mol. The molecule has 0 aliphatic rings. The molecule has 0 aliphatic carbocycles. The Morgan fingerprint density at radius 1 is 0.864 bits per heavy atom. The van der Waals surface area contributed by atoms with E-state index in [4.69, 9.17) is 22.7 Å². The van der Waals surface area contributed by atoms with Gasteiger partial charge in [0.2, 0.25) is 0 Å². The summed E-state index contributed by atoms with van der Waals surface area (Å²) in [4.78, 5) is 0.